The predicted molar refractivity (Wildman–Crippen MR) is 108 cm³/mol. The largest absolute Gasteiger partial charge is 0.435 e. The third-order valence-corrected chi connectivity index (χ3v) is 4.65. The quantitative estimate of drug-likeness (QED) is 0.430. The van der Waals surface area contributed by atoms with Gasteiger partial charge in [-0.05, 0) is 49.2 Å². The Kier molecular flexibility index (Phi) is 6.58. The molecular formula is C21H20F2N4O4. The van der Waals surface area contributed by atoms with E-state index in [2.05, 4.69) is 15.2 Å². The van der Waals surface area contributed by atoms with Crippen molar-refractivity contribution >= 4 is 11.6 Å². The van der Waals surface area contributed by atoms with Crippen LogP contribution in [-0.4, -0.2) is 27.2 Å². The summed E-state index contributed by atoms with van der Waals surface area (Å²) in [6.45, 7) is 0.797. The fraction of sp³-hybridized carbons (Fsp3) is 0.238. The second kappa shape index (κ2) is 9.33. The van der Waals surface area contributed by atoms with Crippen LogP contribution in [0.5, 0.6) is 5.75 Å². The molecule has 1 aromatic heterocycles. The van der Waals surface area contributed by atoms with Crippen LogP contribution in [0.4, 0.5) is 14.5 Å². The maximum atomic E-state index is 12.4. The Hall–Kier alpha value is -3.82. The number of amides is 1. The van der Waals surface area contributed by atoms with Crippen LogP contribution in [-0.2, 0) is 13.1 Å². The number of halogens is 2. The molecule has 0 unspecified atom stereocenters. The van der Waals surface area contributed by atoms with Gasteiger partial charge < -0.3 is 10.1 Å². The zero-order chi connectivity index (χ0) is 22.5. The van der Waals surface area contributed by atoms with E-state index in [0.717, 1.165) is 5.56 Å². The summed E-state index contributed by atoms with van der Waals surface area (Å²) in [5.74, 6) is -0.302. The molecule has 0 aliphatic heterocycles. The first-order valence-electron chi connectivity index (χ1n) is 9.34. The molecule has 0 saturated heterocycles. The number of carbonyl (C=O) groups excluding carboxylic acids is 1. The van der Waals surface area contributed by atoms with E-state index in [9.17, 15) is 23.7 Å². The Morgan fingerprint density at radius 1 is 1.19 bits per heavy atom. The van der Waals surface area contributed by atoms with Gasteiger partial charge in [-0.15, -0.1) is 0 Å². The van der Waals surface area contributed by atoms with E-state index in [-0.39, 0.29) is 23.9 Å². The fourth-order valence-corrected chi connectivity index (χ4v) is 3.16. The van der Waals surface area contributed by atoms with Gasteiger partial charge in [0.2, 0.25) is 0 Å². The van der Waals surface area contributed by atoms with Crippen LogP contribution in [0.15, 0.2) is 48.5 Å². The summed E-state index contributed by atoms with van der Waals surface area (Å²) < 4.78 is 30.5. The highest BCUT2D eigenvalue weighted by Crippen LogP contribution is 2.22. The normalized spacial score (nSPS) is 10.9. The Bertz CT molecular complexity index is 1100. The fourth-order valence-electron chi connectivity index (χ4n) is 3.16. The van der Waals surface area contributed by atoms with Crippen molar-refractivity contribution in [3.63, 3.8) is 0 Å². The molecule has 0 fully saturated rings. The second-order valence-corrected chi connectivity index (χ2v) is 6.84. The number of rotatable bonds is 8. The van der Waals surface area contributed by atoms with Crippen LogP contribution in [0.1, 0.15) is 32.9 Å². The van der Waals surface area contributed by atoms with E-state index in [4.69, 9.17) is 0 Å². The van der Waals surface area contributed by atoms with Crippen molar-refractivity contribution in [3.05, 3.63) is 86.7 Å². The monoisotopic (exact) mass is 430 g/mol. The van der Waals surface area contributed by atoms with Gasteiger partial charge >= 0.3 is 12.3 Å². The number of nitrogens with zero attached hydrogens (tertiary/aromatic N) is 3. The van der Waals surface area contributed by atoms with Crippen molar-refractivity contribution in [2.45, 2.75) is 33.5 Å². The molecule has 8 nitrogen and oxygen atoms in total. The van der Waals surface area contributed by atoms with Gasteiger partial charge in [-0.25, -0.2) is 0 Å². The first-order chi connectivity index (χ1) is 14.7. The lowest BCUT2D eigenvalue weighted by atomic mass is 10.1. The Morgan fingerprint density at radius 2 is 1.90 bits per heavy atom. The summed E-state index contributed by atoms with van der Waals surface area (Å²) in [7, 11) is 0. The van der Waals surface area contributed by atoms with E-state index in [1.54, 1.807) is 54.9 Å². The molecular weight excluding hydrogens is 410 g/mol. The van der Waals surface area contributed by atoms with Crippen molar-refractivity contribution in [1.82, 2.24) is 15.1 Å². The summed E-state index contributed by atoms with van der Waals surface area (Å²) in [5, 5.41) is 18.1. The second-order valence-electron chi connectivity index (χ2n) is 6.84. The molecule has 0 spiro atoms. The summed E-state index contributed by atoms with van der Waals surface area (Å²) in [6, 6.07) is 12.9. The van der Waals surface area contributed by atoms with E-state index in [1.807, 2.05) is 0 Å². The van der Waals surface area contributed by atoms with Gasteiger partial charge in [-0.1, -0.05) is 24.3 Å². The van der Waals surface area contributed by atoms with Crippen molar-refractivity contribution in [2.24, 2.45) is 0 Å². The van der Waals surface area contributed by atoms with Crippen LogP contribution in [0.25, 0.3) is 0 Å². The molecule has 1 N–H and O–H groups in total. The number of hydrogen-bond donors (Lipinski definition) is 1. The molecule has 0 bridgehead atoms. The maximum Gasteiger partial charge on any atom is 0.387 e. The topological polar surface area (TPSA) is 99.3 Å². The van der Waals surface area contributed by atoms with Gasteiger partial charge in [0.1, 0.15) is 17.1 Å². The molecule has 0 atom stereocenters. The third kappa shape index (κ3) is 5.41. The molecule has 3 rings (SSSR count). The first kappa shape index (κ1) is 21.9. The van der Waals surface area contributed by atoms with Crippen molar-refractivity contribution in [2.75, 3.05) is 0 Å². The minimum Gasteiger partial charge on any atom is -0.435 e. The Labute approximate surface area is 176 Å². The summed E-state index contributed by atoms with van der Waals surface area (Å²) >= 11 is 0. The standard InChI is InChI=1S/C21H20F2N4O4/c1-13-19(27(29)30)14(2)26(25-13)12-15-6-8-17(9-7-15)20(28)24-11-16-4-3-5-18(10-16)31-21(22)23/h3-10,21H,11-12H2,1-2H3,(H,24,28). The molecule has 31 heavy (non-hydrogen) atoms. The number of aromatic nitrogens is 2. The van der Waals surface area contributed by atoms with Gasteiger partial charge in [0.05, 0.1) is 11.5 Å². The summed E-state index contributed by atoms with van der Waals surface area (Å²) in [4.78, 5) is 23.1. The minimum atomic E-state index is -2.91. The predicted octanol–water partition coefficient (Wildman–Crippen LogP) is 3.99. The highest BCUT2D eigenvalue weighted by Gasteiger charge is 2.21. The lowest BCUT2D eigenvalue weighted by Gasteiger charge is -2.09. The average Bonchev–Trinajstić information content (AvgIpc) is 2.99. The average molecular weight is 430 g/mol. The Morgan fingerprint density at radius 3 is 2.52 bits per heavy atom. The molecule has 0 aliphatic carbocycles. The molecule has 2 aromatic carbocycles. The van der Waals surface area contributed by atoms with Crippen LogP contribution in [0, 0.1) is 24.0 Å². The number of aryl methyl sites for hydroxylation is 1. The highest BCUT2D eigenvalue weighted by atomic mass is 19.3. The molecule has 0 radical (unpaired) electrons. The van der Waals surface area contributed by atoms with Gasteiger partial charge in [0, 0.05) is 12.1 Å². The molecule has 162 valence electrons. The van der Waals surface area contributed by atoms with E-state index >= 15 is 0 Å². The number of alkyl halides is 2. The third-order valence-electron chi connectivity index (χ3n) is 4.65. The van der Waals surface area contributed by atoms with Gasteiger partial charge in [-0.3, -0.25) is 19.6 Å². The van der Waals surface area contributed by atoms with Gasteiger partial charge in [0.25, 0.3) is 5.91 Å². The Balaban J connectivity index is 1.62. The maximum absolute atomic E-state index is 12.4. The highest BCUT2D eigenvalue weighted by molar-refractivity contribution is 5.94. The van der Waals surface area contributed by atoms with Gasteiger partial charge in [0.15, 0.2) is 0 Å². The smallest absolute Gasteiger partial charge is 0.387 e. The number of nitrogens with one attached hydrogen (secondary N) is 1. The van der Waals surface area contributed by atoms with E-state index in [1.165, 1.54) is 12.1 Å². The van der Waals surface area contributed by atoms with Crippen LogP contribution in [0.2, 0.25) is 0 Å². The number of carbonyl (C=O) groups is 1. The molecule has 0 saturated carbocycles. The van der Waals surface area contributed by atoms with Crippen molar-refractivity contribution in [1.29, 1.82) is 0 Å². The molecule has 10 heteroatoms. The van der Waals surface area contributed by atoms with Crippen LogP contribution >= 0.6 is 0 Å². The summed E-state index contributed by atoms with van der Waals surface area (Å²) in [6.07, 6.45) is 0. The molecule has 1 amide bonds. The number of ether oxygens (including phenoxy) is 1. The SMILES string of the molecule is Cc1nn(Cc2ccc(C(=O)NCc3cccc(OC(F)F)c3)cc2)c(C)c1[N+](=O)[O-]. The summed E-state index contributed by atoms with van der Waals surface area (Å²) in [5.41, 5.74) is 2.68. The number of nitro groups is 1. The zero-order valence-electron chi connectivity index (χ0n) is 16.8. The van der Waals surface area contributed by atoms with E-state index in [0.29, 0.717) is 29.1 Å². The molecule has 1 heterocycles. The number of benzene rings is 2. The lowest BCUT2D eigenvalue weighted by molar-refractivity contribution is -0.386. The van der Waals surface area contributed by atoms with Crippen molar-refractivity contribution in [3.8, 4) is 5.75 Å². The van der Waals surface area contributed by atoms with Crippen LogP contribution < -0.4 is 10.1 Å². The van der Waals surface area contributed by atoms with Crippen LogP contribution in [0.3, 0.4) is 0 Å². The van der Waals surface area contributed by atoms with Gasteiger partial charge in [-0.2, -0.15) is 13.9 Å². The van der Waals surface area contributed by atoms with E-state index < -0.39 is 11.5 Å². The number of hydrogen-bond acceptors (Lipinski definition) is 5. The molecule has 3 aromatic rings. The lowest BCUT2D eigenvalue weighted by Crippen LogP contribution is -2.22. The minimum absolute atomic E-state index is 0.000910. The van der Waals surface area contributed by atoms with Crippen molar-refractivity contribution < 1.29 is 23.2 Å². The molecule has 0 aliphatic rings. The first-order valence-corrected chi connectivity index (χ1v) is 9.34. The zero-order valence-corrected chi connectivity index (χ0v) is 16.8.